The van der Waals surface area contributed by atoms with Crippen molar-refractivity contribution in [3.63, 3.8) is 0 Å². The lowest BCUT2D eigenvalue weighted by atomic mass is 10.2. The van der Waals surface area contributed by atoms with Crippen LogP contribution in [0.3, 0.4) is 0 Å². The van der Waals surface area contributed by atoms with Crippen molar-refractivity contribution in [1.82, 2.24) is 19.7 Å². The first-order chi connectivity index (χ1) is 11.9. The SMILES string of the molecule is C(=C/n1ncc2c(N3CCCCCC3)ncnc21)/c1ccccc1. The molecular formula is C19H21N5. The van der Waals surface area contributed by atoms with E-state index in [0.29, 0.717) is 0 Å². The van der Waals surface area contributed by atoms with Crippen molar-refractivity contribution in [2.24, 2.45) is 0 Å². The highest BCUT2D eigenvalue weighted by Gasteiger charge is 2.16. The molecule has 1 fully saturated rings. The molecule has 24 heavy (non-hydrogen) atoms. The summed E-state index contributed by atoms with van der Waals surface area (Å²) in [6.45, 7) is 2.13. The molecule has 5 heteroatoms. The van der Waals surface area contributed by atoms with E-state index in [2.05, 4.69) is 32.1 Å². The Morgan fingerprint density at radius 1 is 0.917 bits per heavy atom. The number of aromatic nitrogens is 4. The van der Waals surface area contributed by atoms with E-state index in [1.54, 1.807) is 6.33 Å². The fourth-order valence-electron chi connectivity index (χ4n) is 3.21. The lowest BCUT2D eigenvalue weighted by molar-refractivity contribution is 0.726. The van der Waals surface area contributed by atoms with E-state index in [0.717, 1.165) is 35.5 Å². The van der Waals surface area contributed by atoms with Crippen LogP contribution in [0, 0.1) is 0 Å². The van der Waals surface area contributed by atoms with Crippen LogP contribution in [0.15, 0.2) is 42.9 Å². The Morgan fingerprint density at radius 3 is 2.50 bits per heavy atom. The van der Waals surface area contributed by atoms with Crippen LogP contribution in [0.4, 0.5) is 5.82 Å². The van der Waals surface area contributed by atoms with Crippen molar-refractivity contribution < 1.29 is 0 Å². The first-order valence-corrected chi connectivity index (χ1v) is 8.58. The molecule has 3 heterocycles. The molecule has 0 unspecified atom stereocenters. The number of anilines is 1. The first-order valence-electron chi connectivity index (χ1n) is 8.58. The number of hydrogen-bond acceptors (Lipinski definition) is 4. The molecule has 1 saturated heterocycles. The van der Waals surface area contributed by atoms with Gasteiger partial charge in [0.2, 0.25) is 0 Å². The maximum Gasteiger partial charge on any atom is 0.167 e. The molecule has 0 radical (unpaired) electrons. The molecule has 4 rings (SSSR count). The average Bonchev–Trinajstić information content (AvgIpc) is 2.86. The van der Waals surface area contributed by atoms with E-state index in [9.17, 15) is 0 Å². The van der Waals surface area contributed by atoms with Gasteiger partial charge in [-0.1, -0.05) is 43.2 Å². The normalized spacial score (nSPS) is 15.9. The number of nitrogens with zero attached hydrogens (tertiary/aromatic N) is 5. The summed E-state index contributed by atoms with van der Waals surface area (Å²) < 4.78 is 1.82. The molecule has 3 aromatic rings. The Kier molecular flexibility index (Phi) is 4.23. The topological polar surface area (TPSA) is 46.8 Å². The third-order valence-electron chi connectivity index (χ3n) is 4.48. The molecule has 5 nitrogen and oxygen atoms in total. The van der Waals surface area contributed by atoms with Gasteiger partial charge in [-0.05, 0) is 24.5 Å². The maximum absolute atomic E-state index is 4.54. The smallest absolute Gasteiger partial charge is 0.167 e. The van der Waals surface area contributed by atoms with E-state index >= 15 is 0 Å². The highest BCUT2D eigenvalue weighted by atomic mass is 15.3. The zero-order chi connectivity index (χ0) is 16.2. The molecule has 0 spiro atoms. The predicted molar refractivity (Wildman–Crippen MR) is 97.7 cm³/mol. The first kappa shape index (κ1) is 14.9. The van der Waals surface area contributed by atoms with Gasteiger partial charge in [-0.2, -0.15) is 5.10 Å². The molecule has 0 atom stereocenters. The van der Waals surface area contributed by atoms with E-state index in [4.69, 9.17) is 0 Å². The van der Waals surface area contributed by atoms with Gasteiger partial charge in [-0.25, -0.2) is 14.6 Å². The van der Waals surface area contributed by atoms with Gasteiger partial charge in [-0.3, -0.25) is 0 Å². The van der Waals surface area contributed by atoms with Crippen LogP contribution in [-0.2, 0) is 0 Å². The van der Waals surface area contributed by atoms with Crippen LogP contribution in [0.1, 0.15) is 31.2 Å². The van der Waals surface area contributed by atoms with Gasteiger partial charge in [0, 0.05) is 19.3 Å². The van der Waals surface area contributed by atoms with Crippen molar-refractivity contribution in [3.8, 4) is 0 Å². The fourth-order valence-corrected chi connectivity index (χ4v) is 3.21. The molecule has 2 aromatic heterocycles. The Hall–Kier alpha value is -2.69. The summed E-state index contributed by atoms with van der Waals surface area (Å²) in [5, 5.41) is 5.52. The Bertz CT molecular complexity index is 829. The number of benzene rings is 1. The van der Waals surface area contributed by atoms with Crippen molar-refractivity contribution in [1.29, 1.82) is 0 Å². The molecule has 1 aromatic carbocycles. The molecule has 0 aliphatic carbocycles. The number of rotatable bonds is 3. The molecular weight excluding hydrogens is 298 g/mol. The zero-order valence-electron chi connectivity index (χ0n) is 13.7. The second-order valence-electron chi connectivity index (χ2n) is 6.15. The molecule has 122 valence electrons. The molecule has 0 N–H and O–H groups in total. The van der Waals surface area contributed by atoms with Crippen LogP contribution in [0.2, 0.25) is 0 Å². The van der Waals surface area contributed by atoms with Crippen LogP contribution in [0.5, 0.6) is 0 Å². The van der Waals surface area contributed by atoms with Gasteiger partial charge in [0.25, 0.3) is 0 Å². The summed E-state index contributed by atoms with van der Waals surface area (Å²) >= 11 is 0. The lowest BCUT2D eigenvalue weighted by Crippen LogP contribution is -2.25. The van der Waals surface area contributed by atoms with Gasteiger partial charge in [-0.15, -0.1) is 0 Å². The molecule has 1 aliphatic rings. The van der Waals surface area contributed by atoms with Crippen molar-refractivity contribution in [2.75, 3.05) is 18.0 Å². The summed E-state index contributed by atoms with van der Waals surface area (Å²) in [5.74, 6) is 1.02. The van der Waals surface area contributed by atoms with Crippen LogP contribution in [0.25, 0.3) is 23.3 Å². The summed E-state index contributed by atoms with van der Waals surface area (Å²) in [6, 6.07) is 10.2. The Balaban J connectivity index is 1.67. The lowest BCUT2D eigenvalue weighted by Gasteiger charge is -2.21. The van der Waals surface area contributed by atoms with Crippen LogP contribution >= 0.6 is 0 Å². The Morgan fingerprint density at radius 2 is 1.71 bits per heavy atom. The number of hydrogen-bond donors (Lipinski definition) is 0. The van der Waals surface area contributed by atoms with Gasteiger partial charge in [0.1, 0.15) is 12.1 Å². The average molecular weight is 319 g/mol. The minimum atomic E-state index is 0.858. The minimum Gasteiger partial charge on any atom is -0.356 e. The maximum atomic E-state index is 4.54. The van der Waals surface area contributed by atoms with Crippen molar-refractivity contribution in [2.45, 2.75) is 25.7 Å². The van der Waals surface area contributed by atoms with Gasteiger partial charge in [0.05, 0.1) is 11.6 Å². The molecule has 1 aliphatic heterocycles. The highest BCUT2D eigenvalue weighted by Crippen LogP contribution is 2.25. The monoisotopic (exact) mass is 319 g/mol. The second kappa shape index (κ2) is 6.83. The number of fused-ring (bicyclic) bond motifs is 1. The largest absolute Gasteiger partial charge is 0.356 e. The van der Waals surface area contributed by atoms with Gasteiger partial charge in [0.15, 0.2) is 5.65 Å². The van der Waals surface area contributed by atoms with Crippen molar-refractivity contribution in [3.05, 3.63) is 48.4 Å². The van der Waals surface area contributed by atoms with Crippen molar-refractivity contribution >= 4 is 29.1 Å². The zero-order valence-corrected chi connectivity index (χ0v) is 13.7. The quantitative estimate of drug-likeness (QED) is 0.736. The predicted octanol–water partition coefficient (Wildman–Crippen LogP) is 3.83. The second-order valence-corrected chi connectivity index (χ2v) is 6.15. The van der Waals surface area contributed by atoms with Crippen LogP contribution < -0.4 is 4.90 Å². The fraction of sp³-hybridized carbons (Fsp3) is 0.316. The minimum absolute atomic E-state index is 0.858. The van der Waals surface area contributed by atoms with E-state index in [1.165, 1.54) is 25.7 Å². The van der Waals surface area contributed by atoms with E-state index < -0.39 is 0 Å². The molecule has 0 saturated carbocycles. The van der Waals surface area contributed by atoms with E-state index in [1.807, 2.05) is 41.4 Å². The Labute approximate surface area is 141 Å². The summed E-state index contributed by atoms with van der Waals surface area (Å²) in [4.78, 5) is 11.4. The third-order valence-corrected chi connectivity index (χ3v) is 4.48. The van der Waals surface area contributed by atoms with E-state index in [-0.39, 0.29) is 0 Å². The summed E-state index contributed by atoms with van der Waals surface area (Å²) in [6.07, 6.45) is 12.6. The third kappa shape index (κ3) is 3.02. The molecule has 0 amide bonds. The van der Waals surface area contributed by atoms with Crippen LogP contribution in [-0.4, -0.2) is 32.8 Å². The summed E-state index contributed by atoms with van der Waals surface area (Å²) in [5.41, 5.74) is 2.00. The van der Waals surface area contributed by atoms with Gasteiger partial charge >= 0.3 is 0 Å². The van der Waals surface area contributed by atoms with Gasteiger partial charge < -0.3 is 4.90 Å². The molecule has 0 bridgehead atoms. The summed E-state index contributed by atoms with van der Waals surface area (Å²) in [7, 11) is 0. The standard InChI is InChI=1S/C19H21N5/c1-2-7-12-23(11-6-1)18-17-14-22-24(19(17)21-15-20-18)13-10-16-8-4-3-5-9-16/h3-5,8-10,13-15H,1-2,6-7,11-12H2/b13-10-. The highest BCUT2D eigenvalue weighted by molar-refractivity contribution is 5.88.